The number of benzene rings is 1. The Labute approximate surface area is 174 Å². The van der Waals surface area contributed by atoms with Crippen molar-refractivity contribution in [2.24, 2.45) is 0 Å². The van der Waals surface area contributed by atoms with Crippen molar-refractivity contribution in [3.63, 3.8) is 0 Å². The van der Waals surface area contributed by atoms with E-state index in [1.165, 1.54) is 4.90 Å². The van der Waals surface area contributed by atoms with E-state index in [1.807, 2.05) is 6.92 Å². The second kappa shape index (κ2) is 8.93. The van der Waals surface area contributed by atoms with Crippen LogP contribution in [0.15, 0.2) is 30.3 Å². The lowest BCUT2D eigenvalue weighted by Gasteiger charge is -2.39. The van der Waals surface area contributed by atoms with Gasteiger partial charge in [0.25, 0.3) is 0 Å². The van der Waals surface area contributed by atoms with Gasteiger partial charge in [-0.1, -0.05) is 37.3 Å². The van der Waals surface area contributed by atoms with Crippen LogP contribution < -0.4 is 16.0 Å². The zero-order chi connectivity index (χ0) is 21.8. The third-order valence-electron chi connectivity index (χ3n) is 5.33. The number of urea groups is 1. The van der Waals surface area contributed by atoms with Crippen molar-refractivity contribution in [3.05, 3.63) is 35.9 Å². The summed E-state index contributed by atoms with van der Waals surface area (Å²) in [6.07, 6.45) is 0.466. The SMILES string of the molecule is CC[C@@H]1CN(CC)C(=O)C(=O)N1C(=O)N[C@@H](C(=O)NC1CNC1=O)c1ccccc1. The monoisotopic (exact) mass is 415 g/mol. The van der Waals surface area contributed by atoms with Crippen LogP contribution in [0, 0.1) is 0 Å². The highest BCUT2D eigenvalue weighted by molar-refractivity contribution is 6.38. The lowest BCUT2D eigenvalue weighted by molar-refractivity contribution is -0.156. The van der Waals surface area contributed by atoms with Crippen molar-refractivity contribution in [1.29, 1.82) is 0 Å². The summed E-state index contributed by atoms with van der Waals surface area (Å²) in [5, 5.41) is 7.69. The van der Waals surface area contributed by atoms with Gasteiger partial charge in [-0.3, -0.25) is 24.1 Å². The molecule has 6 amide bonds. The molecule has 10 nitrogen and oxygen atoms in total. The molecular formula is C20H25N5O5. The standard InChI is InChI=1S/C20H25N5O5/c1-3-13-11-24(4-2)18(28)19(29)25(13)20(30)23-15(12-8-6-5-7-9-12)17(27)22-14-10-21-16(14)26/h5-9,13-15H,3-4,10-11H2,1-2H3,(H,21,26)(H,22,27)(H,23,30)/t13-,14?,15-/m1/s1. The van der Waals surface area contributed by atoms with Crippen LogP contribution >= 0.6 is 0 Å². The maximum Gasteiger partial charge on any atom is 0.325 e. The minimum atomic E-state index is -1.13. The lowest BCUT2D eigenvalue weighted by atomic mass is 10.0. The number of nitrogens with zero attached hydrogens (tertiary/aromatic N) is 2. The van der Waals surface area contributed by atoms with Crippen molar-refractivity contribution in [1.82, 2.24) is 25.8 Å². The molecule has 1 aromatic rings. The van der Waals surface area contributed by atoms with Crippen molar-refractivity contribution in [2.45, 2.75) is 38.4 Å². The number of imide groups is 1. The molecule has 30 heavy (non-hydrogen) atoms. The van der Waals surface area contributed by atoms with Gasteiger partial charge in [-0.15, -0.1) is 0 Å². The minimum absolute atomic E-state index is 0.245. The fourth-order valence-corrected chi connectivity index (χ4v) is 3.46. The molecule has 3 N–H and O–H groups in total. The van der Waals surface area contributed by atoms with Gasteiger partial charge in [0.1, 0.15) is 12.1 Å². The van der Waals surface area contributed by atoms with Crippen LogP contribution in [0.2, 0.25) is 0 Å². The van der Waals surface area contributed by atoms with Gasteiger partial charge in [0.2, 0.25) is 11.8 Å². The third-order valence-corrected chi connectivity index (χ3v) is 5.33. The average molecular weight is 415 g/mol. The average Bonchev–Trinajstić information content (AvgIpc) is 2.76. The second-order valence-electron chi connectivity index (χ2n) is 7.18. The van der Waals surface area contributed by atoms with E-state index < -0.39 is 41.9 Å². The first-order chi connectivity index (χ1) is 14.4. The van der Waals surface area contributed by atoms with Crippen molar-refractivity contribution >= 4 is 29.7 Å². The number of amides is 6. The van der Waals surface area contributed by atoms with Gasteiger partial charge >= 0.3 is 17.8 Å². The first kappa shape index (κ1) is 21.3. The van der Waals surface area contributed by atoms with E-state index in [1.54, 1.807) is 37.3 Å². The summed E-state index contributed by atoms with van der Waals surface area (Å²) < 4.78 is 0. The van der Waals surface area contributed by atoms with Crippen molar-refractivity contribution in [2.75, 3.05) is 19.6 Å². The Kier molecular flexibility index (Phi) is 6.34. The number of β-lactam (4-membered cyclic amide) rings is 1. The summed E-state index contributed by atoms with van der Waals surface area (Å²) in [4.78, 5) is 64.5. The molecule has 2 aliphatic rings. The molecule has 0 aromatic heterocycles. The molecule has 2 heterocycles. The molecule has 0 aliphatic carbocycles. The van der Waals surface area contributed by atoms with Gasteiger partial charge in [0.05, 0.1) is 6.04 Å². The predicted molar refractivity (Wildman–Crippen MR) is 106 cm³/mol. The second-order valence-corrected chi connectivity index (χ2v) is 7.18. The Bertz CT molecular complexity index is 858. The van der Waals surface area contributed by atoms with Gasteiger partial charge in [-0.05, 0) is 18.9 Å². The van der Waals surface area contributed by atoms with Crippen LogP contribution in [0.25, 0.3) is 0 Å². The fraction of sp³-hybridized carbons (Fsp3) is 0.450. The Morgan fingerprint density at radius 1 is 1.13 bits per heavy atom. The number of rotatable bonds is 6. The van der Waals surface area contributed by atoms with Gasteiger partial charge in [-0.25, -0.2) is 4.79 Å². The fourth-order valence-electron chi connectivity index (χ4n) is 3.46. The smallest absolute Gasteiger partial charge is 0.325 e. The minimum Gasteiger partial charge on any atom is -0.352 e. The molecule has 1 unspecified atom stereocenters. The highest BCUT2D eigenvalue weighted by Gasteiger charge is 2.42. The number of hydrogen-bond acceptors (Lipinski definition) is 5. The predicted octanol–water partition coefficient (Wildman–Crippen LogP) is -0.479. The van der Waals surface area contributed by atoms with E-state index in [-0.39, 0.29) is 12.5 Å². The number of hydrogen-bond donors (Lipinski definition) is 3. The summed E-state index contributed by atoms with van der Waals surface area (Å²) in [7, 11) is 0. The molecule has 0 saturated carbocycles. The zero-order valence-corrected chi connectivity index (χ0v) is 16.9. The van der Waals surface area contributed by atoms with Gasteiger partial charge in [0.15, 0.2) is 0 Å². The third kappa shape index (κ3) is 4.12. The van der Waals surface area contributed by atoms with Crippen LogP contribution in [-0.2, 0) is 19.2 Å². The maximum absolute atomic E-state index is 13.0. The molecule has 0 radical (unpaired) electrons. The summed E-state index contributed by atoms with van der Waals surface area (Å²) in [5.41, 5.74) is 0.488. The number of carbonyl (C=O) groups excluding carboxylic acids is 5. The Hall–Kier alpha value is -3.43. The number of nitrogens with one attached hydrogen (secondary N) is 3. The molecular weight excluding hydrogens is 390 g/mol. The highest BCUT2D eigenvalue weighted by Crippen LogP contribution is 2.19. The highest BCUT2D eigenvalue weighted by atomic mass is 16.2. The largest absolute Gasteiger partial charge is 0.352 e. The quantitative estimate of drug-likeness (QED) is 0.427. The zero-order valence-electron chi connectivity index (χ0n) is 16.9. The van der Waals surface area contributed by atoms with Crippen LogP contribution in [0.1, 0.15) is 31.9 Å². The van der Waals surface area contributed by atoms with E-state index in [2.05, 4.69) is 16.0 Å². The molecule has 160 valence electrons. The molecule has 3 atom stereocenters. The summed E-state index contributed by atoms with van der Waals surface area (Å²) in [5.74, 6) is -2.54. The molecule has 0 bridgehead atoms. The Morgan fingerprint density at radius 3 is 2.37 bits per heavy atom. The molecule has 2 aliphatic heterocycles. The Balaban J connectivity index is 1.81. The summed E-state index contributed by atoms with van der Waals surface area (Å²) in [6, 6.07) is 5.39. The normalized spacial score (nSPS) is 22.1. The number of piperazine rings is 1. The van der Waals surface area contributed by atoms with Gasteiger partial charge in [-0.2, -0.15) is 0 Å². The van der Waals surface area contributed by atoms with Crippen LogP contribution in [0.3, 0.4) is 0 Å². The first-order valence-corrected chi connectivity index (χ1v) is 9.93. The molecule has 1 aromatic carbocycles. The molecule has 10 heteroatoms. The Morgan fingerprint density at radius 2 is 1.83 bits per heavy atom. The van der Waals surface area contributed by atoms with Crippen molar-refractivity contribution in [3.8, 4) is 0 Å². The van der Waals surface area contributed by atoms with Gasteiger partial charge < -0.3 is 20.9 Å². The van der Waals surface area contributed by atoms with Crippen LogP contribution in [0.5, 0.6) is 0 Å². The summed E-state index contributed by atoms with van der Waals surface area (Å²) >= 11 is 0. The molecule has 2 saturated heterocycles. The van der Waals surface area contributed by atoms with Crippen LogP contribution in [0.4, 0.5) is 4.79 Å². The number of carbonyl (C=O) groups is 5. The van der Waals surface area contributed by atoms with Crippen molar-refractivity contribution < 1.29 is 24.0 Å². The molecule has 0 spiro atoms. The van der Waals surface area contributed by atoms with E-state index in [9.17, 15) is 24.0 Å². The van der Waals surface area contributed by atoms with Gasteiger partial charge in [0, 0.05) is 19.6 Å². The topological polar surface area (TPSA) is 128 Å². The summed E-state index contributed by atoms with van der Waals surface area (Å²) in [6.45, 7) is 4.51. The first-order valence-electron chi connectivity index (χ1n) is 9.93. The van der Waals surface area contributed by atoms with E-state index in [0.717, 1.165) is 4.90 Å². The number of likely N-dealkylation sites (N-methyl/N-ethyl adjacent to an activating group) is 1. The molecule has 2 fully saturated rings. The lowest BCUT2D eigenvalue weighted by Crippen LogP contribution is -2.65. The molecule has 3 rings (SSSR count). The van der Waals surface area contributed by atoms with E-state index in [0.29, 0.717) is 25.1 Å². The maximum atomic E-state index is 13.0. The van der Waals surface area contributed by atoms with E-state index in [4.69, 9.17) is 0 Å². The van der Waals surface area contributed by atoms with Crippen LogP contribution in [-0.4, -0.2) is 71.2 Å². The van der Waals surface area contributed by atoms with E-state index >= 15 is 0 Å².